The number of aliphatic carboxylic acids is 1. The van der Waals surface area contributed by atoms with E-state index in [2.05, 4.69) is 4.98 Å². The highest BCUT2D eigenvalue weighted by molar-refractivity contribution is 5.69. The van der Waals surface area contributed by atoms with Crippen LogP contribution in [0.15, 0.2) is 12.1 Å². The molecule has 13 heavy (non-hydrogen) atoms. The Labute approximate surface area is 76.2 Å². The quantitative estimate of drug-likeness (QED) is 0.756. The summed E-state index contributed by atoms with van der Waals surface area (Å²) in [6.45, 7) is 1.78. The predicted molar refractivity (Wildman–Crippen MR) is 46.9 cm³/mol. The highest BCUT2D eigenvalue weighted by Gasteiger charge is 2.04. The summed E-state index contributed by atoms with van der Waals surface area (Å²) in [5, 5.41) is 8.51. The Hall–Kier alpha value is -1.58. The molecule has 1 N–H and O–H groups in total. The van der Waals surface area contributed by atoms with Gasteiger partial charge < -0.3 is 9.84 Å². The van der Waals surface area contributed by atoms with E-state index in [4.69, 9.17) is 9.84 Å². The van der Waals surface area contributed by atoms with Gasteiger partial charge in [0.15, 0.2) is 0 Å². The van der Waals surface area contributed by atoms with Gasteiger partial charge in [-0.15, -0.1) is 0 Å². The van der Waals surface area contributed by atoms with Crippen molar-refractivity contribution in [1.29, 1.82) is 0 Å². The molecule has 1 rings (SSSR count). The molecule has 0 unspecified atom stereocenters. The van der Waals surface area contributed by atoms with Crippen LogP contribution in [0.2, 0.25) is 0 Å². The van der Waals surface area contributed by atoms with Crippen molar-refractivity contribution < 1.29 is 14.6 Å². The molecule has 0 aromatic carbocycles. The fourth-order valence-electron chi connectivity index (χ4n) is 1.07. The lowest BCUT2D eigenvalue weighted by Gasteiger charge is -2.04. The van der Waals surface area contributed by atoms with Crippen LogP contribution < -0.4 is 4.74 Å². The van der Waals surface area contributed by atoms with Gasteiger partial charge in [0.25, 0.3) is 0 Å². The van der Waals surface area contributed by atoms with Crippen LogP contribution in [0.3, 0.4) is 0 Å². The molecule has 0 aliphatic carbocycles. The molecule has 0 aliphatic rings. The summed E-state index contributed by atoms with van der Waals surface area (Å²) in [6, 6.07) is 3.38. The van der Waals surface area contributed by atoms with Crippen LogP contribution in [-0.4, -0.2) is 23.2 Å². The van der Waals surface area contributed by atoms with Crippen LogP contribution in [-0.2, 0) is 11.2 Å². The number of nitrogens with zero attached hydrogens (tertiary/aromatic N) is 1. The summed E-state index contributed by atoms with van der Waals surface area (Å²) >= 11 is 0. The Morgan fingerprint density at radius 2 is 2.31 bits per heavy atom. The van der Waals surface area contributed by atoms with Gasteiger partial charge in [-0.3, -0.25) is 9.78 Å². The SMILES string of the molecule is COc1ccc(CC(=O)O)nc1C. The van der Waals surface area contributed by atoms with Gasteiger partial charge in [0.05, 0.1) is 24.9 Å². The summed E-state index contributed by atoms with van der Waals surface area (Å²) in [7, 11) is 1.56. The average molecular weight is 181 g/mol. The van der Waals surface area contributed by atoms with Crippen LogP contribution in [0.25, 0.3) is 0 Å². The number of hydrogen-bond acceptors (Lipinski definition) is 3. The van der Waals surface area contributed by atoms with Crippen LogP contribution in [0, 0.1) is 6.92 Å². The zero-order chi connectivity index (χ0) is 9.84. The molecule has 4 heteroatoms. The Bertz CT molecular complexity index is 323. The minimum absolute atomic E-state index is 0.0508. The Morgan fingerprint density at radius 1 is 1.62 bits per heavy atom. The van der Waals surface area contributed by atoms with Crippen molar-refractivity contribution in [3.63, 3.8) is 0 Å². The lowest BCUT2D eigenvalue weighted by molar-refractivity contribution is -0.136. The van der Waals surface area contributed by atoms with Gasteiger partial charge >= 0.3 is 5.97 Å². The van der Waals surface area contributed by atoms with Gasteiger partial charge in [0.1, 0.15) is 5.75 Å². The molecule has 1 heterocycles. The molecule has 70 valence electrons. The zero-order valence-electron chi connectivity index (χ0n) is 7.57. The molecule has 1 aromatic heterocycles. The van der Waals surface area contributed by atoms with E-state index in [1.807, 2.05) is 0 Å². The summed E-state index contributed by atoms with van der Waals surface area (Å²) in [4.78, 5) is 14.4. The van der Waals surface area contributed by atoms with Gasteiger partial charge in [0.2, 0.25) is 0 Å². The first kappa shape index (κ1) is 9.51. The monoisotopic (exact) mass is 181 g/mol. The second-order valence-corrected chi connectivity index (χ2v) is 2.66. The fourth-order valence-corrected chi connectivity index (χ4v) is 1.07. The molecule has 0 radical (unpaired) electrons. The molecule has 0 aliphatic heterocycles. The number of carboxylic acid groups (broad SMARTS) is 1. The summed E-state index contributed by atoms with van der Waals surface area (Å²) in [5.41, 5.74) is 1.26. The molecule has 0 spiro atoms. The van der Waals surface area contributed by atoms with Crippen LogP contribution in [0.1, 0.15) is 11.4 Å². The highest BCUT2D eigenvalue weighted by atomic mass is 16.5. The van der Waals surface area contributed by atoms with Crippen molar-refractivity contribution >= 4 is 5.97 Å². The van der Waals surface area contributed by atoms with Crippen molar-refractivity contribution in [1.82, 2.24) is 4.98 Å². The minimum atomic E-state index is -0.878. The lowest BCUT2D eigenvalue weighted by atomic mass is 10.2. The first-order valence-corrected chi connectivity index (χ1v) is 3.86. The molecular weight excluding hydrogens is 170 g/mol. The van der Waals surface area contributed by atoms with E-state index >= 15 is 0 Å². The zero-order valence-corrected chi connectivity index (χ0v) is 7.57. The van der Waals surface area contributed by atoms with E-state index < -0.39 is 5.97 Å². The van der Waals surface area contributed by atoms with E-state index in [0.29, 0.717) is 17.1 Å². The molecule has 0 fully saturated rings. The average Bonchev–Trinajstić information content (AvgIpc) is 2.03. The second kappa shape index (κ2) is 3.89. The first-order valence-electron chi connectivity index (χ1n) is 3.86. The van der Waals surface area contributed by atoms with Crippen molar-refractivity contribution in [3.8, 4) is 5.75 Å². The molecule has 0 bridgehead atoms. The standard InChI is InChI=1S/C9H11NO3/c1-6-8(13-2)4-3-7(10-6)5-9(11)12/h3-4H,5H2,1-2H3,(H,11,12). The molecular formula is C9H11NO3. The molecule has 0 atom stereocenters. The molecule has 0 amide bonds. The number of aromatic nitrogens is 1. The minimum Gasteiger partial charge on any atom is -0.495 e. The summed E-state index contributed by atoms with van der Waals surface area (Å²) in [6.07, 6.45) is -0.0508. The van der Waals surface area contributed by atoms with Gasteiger partial charge in [0, 0.05) is 0 Å². The number of aryl methyl sites for hydroxylation is 1. The van der Waals surface area contributed by atoms with E-state index in [1.165, 1.54) is 0 Å². The summed E-state index contributed by atoms with van der Waals surface area (Å²) in [5.74, 6) is -0.203. The van der Waals surface area contributed by atoms with E-state index in [1.54, 1.807) is 26.2 Å². The largest absolute Gasteiger partial charge is 0.495 e. The first-order chi connectivity index (χ1) is 6.13. The molecule has 4 nitrogen and oxygen atoms in total. The maximum Gasteiger partial charge on any atom is 0.309 e. The van der Waals surface area contributed by atoms with Gasteiger partial charge in [-0.2, -0.15) is 0 Å². The van der Waals surface area contributed by atoms with Gasteiger partial charge in [-0.1, -0.05) is 0 Å². The van der Waals surface area contributed by atoms with Crippen molar-refractivity contribution in [2.45, 2.75) is 13.3 Å². The van der Waals surface area contributed by atoms with Gasteiger partial charge in [-0.25, -0.2) is 0 Å². The number of pyridine rings is 1. The van der Waals surface area contributed by atoms with Crippen molar-refractivity contribution in [3.05, 3.63) is 23.5 Å². The van der Waals surface area contributed by atoms with Crippen molar-refractivity contribution in [2.75, 3.05) is 7.11 Å². The molecule has 0 saturated carbocycles. The van der Waals surface area contributed by atoms with E-state index in [9.17, 15) is 4.79 Å². The predicted octanol–water partition coefficient (Wildman–Crippen LogP) is 1.03. The number of carbonyl (C=O) groups is 1. The number of rotatable bonds is 3. The smallest absolute Gasteiger partial charge is 0.309 e. The van der Waals surface area contributed by atoms with Crippen LogP contribution >= 0.6 is 0 Å². The van der Waals surface area contributed by atoms with Gasteiger partial charge in [-0.05, 0) is 19.1 Å². The van der Waals surface area contributed by atoms with Crippen LogP contribution in [0.4, 0.5) is 0 Å². The second-order valence-electron chi connectivity index (χ2n) is 2.66. The Balaban J connectivity index is 2.89. The number of hydrogen-bond donors (Lipinski definition) is 1. The lowest BCUT2D eigenvalue weighted by Crippen LogP contribution is -2.03. The fraction of sp³-hybridized carbons (Fsp3) is 0.333. The number of ether oxygens (including phenoxy) is 1. The normalized spacial score (nSPS) is 9.69. The van der Waals surface area contributed by atoms with E-state index in [-0.39, 0.29) is 6.42 Å². The highest BCUT2D eigenvalue weighted by Crippen LogP contribution is 2.14. The number of methoxy groups -OCH3 is 1. The van der Waals surface area contributed by atoms with E-state index in [0.717, 1.165) is 0 Å². The molecule has 0 saturated heterocycles. The third kappa shape index (κ3) is 2.43. The Morgan fingerprint density at radius 3 is 2.77 bits per heavy atom. The Kier molecular flexibility index (Phi) is 2.84. The number of carboxylic acids is 1. The maximum atomic E-state index is 10.4. The van der Waals surface area contributed by atoms with Crippen molar-refractivity contribution in [2.24, 2.45) is 0 Å². The maximum absolute atomic E-state index is 10.4. The third-order valence-corrected chi connectivity index (χ3v) is 1.65. The third-order valence-electron chi connectivity index (χ3n) is 1.65. The van der Waals surface area contributed by atoms with Crippen LogP contribution in [0.5, 0.6) is 5.75 Å². The topological polar surface area (TPSA) is 59.4 Å². The molecule has 1 aromatic rings. The summed E-state index contributed by atoms with van der Waals surface area (Å²) < 4.78 is 5.00.